The molecule has 1 aliphatic heterocycles. The van der Waals surface area contributed by atoms with Crippen molar-refractivity contribution < 1.29 is 14.3 Å². The highest BCUT2D eigenvalue weighted by Gasteiger charge is 2.47. The third kappa shape index (κ3) is 3.15. The second-order valence-corrected chi connectivity index (χ2v) is 6.86. The molecule has 116 valence electrons. The molecule has 1 aromatic heterocycles. The molecule has 3 rings (SSSR count). The third-order valence-electron chi connectivity index (χ3n) is 4.76. The predicted molar refractivity (Wildman–Crippen MR) is 82.5 cm³/mol. The number of amides is 1. The Labute approximate surface area is 130 Å². The number of nitrogens with zero attached hydrogens (tertiary/aromatic N) is 1. The van der Waals surface area contributed by atoms with E-state index >= 15 is 0 Å². The lowest BCUT2D eigenvalue weighted by molar-refractivity contribution is -0.160. The van der Waals surface area contributed by atoms with Crippen LogP contribution in [-0.4, -0.2) is 49.8 Å². The number of ether oxygens (including phenoxy) is 2. The quantitative estimate of drug-likeness (QED) is 0.857. The molecule has 4 nitrogen and oxygen atoms in total. The van der Waals surface area contributed by atoms with Crippen LogP contribution in [0.5, 0.6) is 0 Å². The van der Waals surface area contributed by atoms with E-state index in [2.05, 4.69) is 5.38 Å². The van der Waals surface area contributed by atoms with Crippen LogP contribution in [0.4, 0.5) is 0 Å². The third-order valence-corrected chi connectivity index (χ3v) is 5.49. The highest BCUT2D eigenvalue weighted by molar-refractivity contribution is 7.07. The monoisotopic (exact) mass is 309 g/mol. The van der Waals surface area contributed by atoms with E-state index in [1.54, 1.807) is 18.4 Å². The van der Waals surface area contributed by atoms with Crippen LogP contribution in [0.1, 0.15) is 24.8 Å². The summed E-state index contributed by atoms with van der Waals surface area (Å²) in [6.45, 7) is 2.82. The first-order valence-corrected chi connectivity index (χ1v) is 8.59. The molecule has 5 heteroatoms. The molecule has 1 aromatic rings. The molecule has 1 aliphatic carbocycles. The normalized spacial score (nSPS) is 29.2. The SMILES string of the molecule is COC[C@@H]1CCC[C@@]12CN(C(=O)Cc1ccsc1)CCO2. The molecule has 0 unspecified atom stereocenters. The summed E-state index contributed by atoms with van der Waals surface area (Å²) in [5, 5.41) is 4.08. The molecular formula is C16H23NO3S. The molecule has 0 bridgehead atoms. The van der Waals surface area contributed by atoms with Gasteiger partial charge in [-0.2, -0.15) is 11.3 Å². The molecule has 2 atom stereocenters. The molecule has 2 aliphatic rings. The maximum atomic E-state index is 12.5. The first-order chi connectivity index (χ1) is 10.2. The molecule has 1 amide bonds. The van der Waals surface area contributed by atoms with Crippen molar-refractivity contribution in [3.8, 4) is 0 Å². The smallest absolute Gasteiger partial charge is 0.227 e. The van der Waals surface area contributed by atoms with Crippen LogP contribution < -0.4 is 0 Å². The number of rotatable bonds is 4. The van der Waals surface area contributed by atoms with Crippen LogP contribution in [0.2, 0.25) is 0 Å². The molecule has 1 saturated carbocycles. The molecule has 1 spiro atoms. The maximum absolute atomic E-state index is 12.5. The number of thiophene rings is 1. The van der Waals surface area contributed by atoms with Gasteiger partial charge in [0.05, 0.1) is 31.8 Å². The van der Waals surface area contributed by atoms with Crippen LogP contribution in [-0.2, 0) is 20.7 Å². The van der Waals surface area contributed by atoms with Gasteiger partial charge in [0.2, 0.25) is 5.91 Å². The Bertz CT molecular complexity index is 476. The van der Waals surface area contributed by atoms with Crippen LogP contribution in [0.25, 0.3) is 0 Å². The molecule has 0 radical (unpaired) electrons. The number of carbonyl (C=O) groups is 1. The summed E-state index contributed by atoms with van der Waals surface area (Å²) in [5.74, 6) is 0.637. The summed E-state index contributed by atoms with van der Waals surface area (Å²) < 4.78 is 11.5. The van der Waals surface area contributed by atoms with Crippen LogP contribution in [0, 0.1) is 5.92 Å². The van der Waals surface area contributed by atoms with E-state index in [0.717, 1.165) is 31.6 Å². The van der Waals surface area contributed by atoms with Gasteiger partial charge in [-0.25, -0.2) is 0 Å². The van der Waals surface area contributed by atoms with Crippen molar-refractivity contribution in [1.82, 2.24) is 4.90 Å². The minimum atomic E-state index is -0.168. The fourth-order valence-electron chi connectivity index (χ4n) is 3.65. The number of hydrogen-bond acceptors (Lipinski definition) is 4. The van der Waals surface area contributed by atoms with Gasteiger partial charge >= 0.3 is 0 Å². The average Bonchev–Trinajstić information content (AvgIpc) is 3.11. The van der Waals surface area contributed by atoms with E-state index in [0.29, 0.717) is 25.5 Å². The summed E-state index contributed by atoms with van der Waals surface area (Å²) in [4.78, 5) is 14.5. The topological polar surface area (TPSA) is 38.8 Å². The number of methoxy groups -OCH3 is 1. The van der Waals surface area contributed by atoms with Crippen LogP contribution >= 0.6 is 11.3 Å². The molecule has 2 fully saturated rings. The summed E-state index contributed by atoms with van der Waals surface area (Å²) in [5.41, 5.74) is 0.948. The minimum Gasteiger partial charge on any atom is -0.384 e. The fraction of sp³-hybridized carbons (Fsp3) is 0.688. The van der Waals surface area contributed by atoms with Crippen molar-refractivity contribution in [3.63, 3.8) is 0 Å². The highest BCUT2D eigenvalue weighted by Crippen LogP contribution is 2.41. The van der Waals surface area contributed by atoms with Crippen molar-refractivity contribution in [1.29, 1.82) is 0 Å². The second kappa shape index (κ2) is 6.46. The molecule has 0 aromatic carbocycles. The van der Waals surface area contributed by atoms with E-state index in [9.17, 15) is 4.79 Å². The Morgan fingerprint density at radius 2 is 2.52 bits per heavy atom. The molecule has 1 saturated heterocycles. The summed E-state index contributed by atoms with van der Waals surface area (Å²) >= 11 is 1.64. The van der Waals surface area contributed by atoms with Gasteiger partial charge in [-0.1, -0.05) is 6.42 Å². The average molecular weight is 309 g/mol. The van der Waals surface area contributed by atoms with Crippen molar-refractivity contribution in [2.24, 2.45) is 5.92 Å². The number of morpholine rings is 1. The van der Waals surface area contributed by atoms with Gasteiger partial charge in [-0.15, -0.1) is 0 Å². The zero-order chi connectivity index (χ0) is 14.7. The first-order valence-electron chi connectivity index (χ1n) is 7.65. The lowest BCUT2D eigenvalue weighted by atomic mass is 9.89. The lowest BCUT2D eigenvalue weighted by Gasteiger charge is -2.44. The lowest BCUT2D eigenvalue weighted by Crippen LogP contribution is -2.56. The van der Waals surface area contributed by atoms with Crippen molar-refractivity contribution in [2.45, 2.75) is 31.3 Å². The largest absolute Gasteiger partial charge is 0.384 e. The highest BCUT2D eigenvalue weighted by atomic mass is 32.1. The molecule has 21 heavy (non-hydrogen) atoms. The Balaban J connectivity index is 1.66. The predicted octanol–water partition coefficient (Wildman–Crippen LogP) is 2.33. The van der Waals surface area contributed by atoms with Crippen LogP contribution in [0.15, 0.2) is 16.8 Å². The summed E-state index contributed by atoms with van der Waals surface area (Å²) in [6, 6.07) is 2.03. The maximum Gasteiger partial charge on any atom is 0.227 e. The van der Waals surface area contributed by atoms with Gasteiger partial charge in [-0.3, -0.25) is 4.79 Å². The standard InChI is InChI=1S/C16H23NO3S/c1-19-10-14-3-2-5-16(14)12-17(6-7-20-16)15(18)9-13-4-8-21-11-13/h4,8,11,14H,2-3,5-7,9-10,12H2,1H3/t14-,16+/m0/s1. The number of carbonyl (C=O) groups excluding carboxylic acids is 1. The van der Waals surface area contributed by atoms with Gasteiger partial charge in [-0.05, 0) is 35.2 Å². The minimum absolute atomic E-state index is 0.168. The van der Waals surface area contributed by atoms with E-state index in [-0.39, 0.29) is 11.5 Å². The zero-order valence-corrected chi connectivity index (χ0v) is 13.4. The van der Waals surface area contributed by atoms with E-state index in [1.807, 2.05) is 16.3 Å². The Morgan fingerprint density at radius 3 is 3.29 bits per heavy atom. The van der Waals surface area contributed by atoms with E-state index in [1.165, 1.54) is 6.42 Å². The first kappa shape index (κ1) is 15.0. The van der Waals surface area contributed by atoms with Gasteiger partial charge in [0, 0.05) is 19.6 Å². The van der Waals surface area contributed by atoms with Crippen molar-refractivity contribution >= 4 is 17.2 Å². The van der Waals surface area contributed by atoms with Gasteiger partial charge in [0.25, 0.3) is 0 Å². The van der Waals surface area contributed by atoms with Gasteiger partial charge in [0.15, 0.2) is 0 Å². The molecular weight excluding hydrogens is 286 g/mol. The zero-order valence-electron chi connectivity index (χ0n) is 12.5. The van der Waals surface area contributed by atoms with Crippen LogP contribution in [0.3, 0.4) is 0 Å². The fourth-order valence-corrected chi connectivity index (χ4v) is 4.32. The molecule has 2 heterocycles. The van der Waals surface area contributed by atoms with E-state index in [4.69, 9.17) is 9.47 Å². The van der Waals surface area contributed by atoms with Gasteiger partial charge < -0.3 is 14.4 Å². The Hall–Kier alpha value is -0.910. The van der Waals surface area contributed by atoms with Crippen molar-refractivity contribution in [2.75, 3.05) is 33.4 Å². The number of hydrogen-bond donors (Lipinski definition) is 0. The Morgan fingerprint density at radius 1 is 1.62 bits per heavy atom. The molecule has 0 N–H and O–H groups in total. The van der Waals surface area contributed by atoms with Crippen molar-refractivity contribution in [3.05, 3.63) is 22.4 Å². The van der Waals surface area contributed by atoms with E-state index < -0.39 is 0 Å². The van der Waals surface area contributed by atoms with Gasteiger partial charge in [0.1, 0.15) is 0 Å². The summed E-state index contributed by atoms with van der Waals surface area (Å²) in [7, 11) is 1.74. The second-order valence-electron chi connectivity index (χ2n) is 6.08. The Kier molecular flexibility index (Phi) is 4.62. The summed E-state index contributed by atoms with van der Waals surface area (Å²) in [6.07, 6.45) is 3.86.